The van der Waals surface area contributed by atoms with Crippen molar-refractivity contribution in [1.82, 2.24) is 4.89 Å². The van der Waals surface area contributed by atoms with Gasteiger partial charge in [-0.3, -0.25) is 4.84 Å². The summed E-state index contributed by atoms with van der Waals surface area (Å²) >= 11 is 0. The Kier molecular flexibility index (Phi) is 10.7. The highest BCUT2D eigenvalue weighted by atomic mass is 33.5. The van der Waals surface area contributed by atoms with Crippen molar-refractivity contribution in [3.05, 3.63) is 0 Å². The molecule has 0 bridgehead atoms. The second kappa shape index (κ2) is 9.99. The Morgan fingerprint density at radius 3 is 2.11 bits per heavy atom. The Balaban J connectivity index is 4.26. The molecular formula is C12H29NOS3Si. The molecule has 2 nitrogen and oxygen atoms in total. The topological polar surface area (TPSA) is 21.3 Å². The van der Waals surface area contributed by atoms with Crippen molar-refractivity contribution >= 4 is 40.4 Å². The first-order chi connectivity index (χ1) is 8.39. The maximum Gasteiger partial charge on any atom is 0.0583 e. The highest BCUT2D eigenvalue weighted by Gasteiger charge is 2.39. The van der Waals surface area contributed by atoms with Crippen LogP contribution in [0.1, 0.15) is 34.1 Å². The minimum absolute atomic E-state index is 0.590. The number of nitrogens with one attached hydrogen (secondary N) is 1. The van der Waals surface area contributed by atoms with E-state index in [-0.39, 0.29) is 0 Å². The summed E-state index contributed by atoms with van der Waals surface area (Å²) < 4.78 is 0. The fourth-order valence-electron chi connectivity index (χ4n) is 3.19. The fourth-order valence-corrected chi connectivity index (χ4v) is 9.62. The van der Waals surface area contributed by atoms with Crippen LogP contribution in [0.4, 0.5) is 0 Å². The Bertz CT molecular complexity index is 194. The highest BCUT2D eigenvalue weighted by molar-refractivity contribution is 9.09. The molecule has 0 saturated heterocycles. The van der Waals surface area contributed by atoms with E-state index in [0.717, 1.165) is 11.8 Å². The normalized spacial score (nSPS) is 13.0. The summed E-state index contributed by atoms with van der Waals surface area (Å²) in [6, 6.07) is 0. The molecular weight excluding hydrogens is 298 g/mol. The molecule has 0 radical (unpaired) electrons. The van der Waals surface area contributed by atoms with Gasteiger partial charge in [-0.05, 0) is 33.1 Å². The van der Waals surface area contributed by atoms with Crippen LogP contribution in [-0.2, 0) is 4.84 Å². The minimum Gasteiger partial charge on any atom is -0.294 e. The largest absolute Gasteiger partial charge is 0.294 e. The molecule has 0 rings (SSSR count). The van der Waals surface area contributed by atoms with E-state index in [1.165, 1.54) is 12.2 Å². The molecule has 6 heteroatoms. The van der Waals surface area contributed by atoms with Crippen LogP contribution in [0.2, 0.25) is 18.1 Å². The van der Waals surface area contributed by atoms with E-state index < -0.39 is 8.80 Å². The van der Waals surface area contributed by atoms with Gasteiger partial charge < -0.3 is 0 Å². The van der Waals surface area contributed by atoms with Gasteiger partial charge in [-0.25, -0.2) is 0 Å². The lowest BCUT2D eigenvalue weighted by Crippen LogP contribution is -2.37. The summed E-state index contributed by atoms with van der Waals surface area (Å²) in [5.74, 6) is 2.81. The Hall–Kier alpha value is 1.19. The van der Waals surface area contributed by atoms with E-state index >= 15 is 0 Å². The summed E-state index contributed by atoms with van der Waals surface area (Å²) in [5.41, 5.74) is 0. The van der Waals surface area contributed by atoms with Gasteiger partial charge in [0.05, 0.1) is 7.11 Å². The van der Waals surface area contributed by atoms with E-state index in [1.807, 2.05) is 10.8 Å². The van der Waals surface area contributed by atoms with E-state index in [1.54, 1.807) is 27.9 Å². The van der Waals surface area contributed by atoms with Crippen LogP contribution >= 0.6 is 31.6 Å². The quantitative estimate of drug-likeness (QED) is 0.199. The smallest absolute Gasteiger partial charge is 0.0583 e. The van der Waals surface area contributed by atoms with Crippen molar-refractivity contribution in [2.45, 2.75) is 52.2 Å². The number of hydrogen-bond donors (Lipinski definition) is 1. The first kappa shape index (κ1) is 19.2. The van der Waals surface area contributed by atoms with Gasteiger partial charge in [-0.2, -0.15) is 0 Å². The predicted molar refractivity (Wildman–Crippen MR) is 93.6 cm³/mol. The zero-order chi connectivity index (χ0) is 14.2. The summed E-state index contributed by atoms with van der Waals surface area (Å²) in [6.45, 7) is 14.7. The maximum atomic E-state index is 4.79. The number of hydrogen-bond acceptors (Lipinski definition) is 5. The molecule has 0 aliphatic rings. The third-order valence-corrected chi connectivity index (χ3v) is 11.3. The van der Waals surface area contributed by atoms with E-state index in [0.29, 0.717) is 5.04 Å². The minimum atomic E-state index is -0.672. The Labute approximate surface area is 127 Å². The maximum absolute atomic E-state index is 4.79. The third-order valence-electron chi connectivity index (χ3n) is 4.04. The molecule has 0 heterocycles. The van der Waals surface area contributed by atoms with Gasteiger partial charge in [-0.15, -0.1) is 4.89 Å². The van der Waals surface area contributed by atoms with Crippen molar-refractivity contribution < 1.29 is 4.84 Å². The van der Waals surface area contributed by atoms with Crippen LogP contribution in [0.25, 0.3) is 0 Å². The summed E-state index contributed by atoms with van der Waals surface area (Å²) in [6.07, 6.45) is 1.34. The van der Waals surface area contributed by atoms with Crippen molar-refractivity contribution in [1.29, 1.82) is 0 Å². The average Bonchev–Trinajstić information content (AvgIpc) is 2.26. The first-order valence-electron chi connectivity index (χ1n) is 6.62. The van der Waals surface area contributed by atoms with Crippen molar-refractivity contribution in [2.24, 2.45) is 11.8 Å². The molecule has 0 saturated carbocycles. The molecule has 18 heavy (non-hydrogen) atoms. The Morgan fingerprint density at radius 2 is 1.72 bits per heavy atom. The molecule has 0 fully saturated rings. The Morgan fingerprint density at radius 1 is 1.17 bits per heavy atom. The van der Waals surface area contributed by atoms with E-state index in [2.05, 4.69) is 45.7 Å². The second-order valence-electron chi connectivity index (χ2n) is 5.59. The standard InChI is InChI=1S/C12H29NOS3Si/c1-10(2)12(11(3)4,18(6)7)8-9-15-17-16-13-14-5/h10-11,13,18H,8-9H2,1-7H3. The van der Waals surface area contributed by atoms with Gasteiger partial charge >= 0.3 is 0 Å². The SMILES string of the molecule is CONSSSCCC(C(C)C)(C(C)C)[SiH](C)C. The van der Waals surface area contributed by atoms with Gasteiger partial charge in [0.25, 0.3) is 0 Å². The van der Waals surface area contributed by atoms with Gasteiger partial charge in [0.2, 0.25) is 0 Å². The predicted octanol–water partition coefficient (Wildman–Crippen LogP) is 5.01. The van der Waals surface area contributed by atoms with Gasteiger partial charge in [-0.1, -0.05) is 51.6 Å². The molecule has 0 aromatic heterocycles. The highest BCUT2D eigenvalue weighted by Crippen LogP contribution is 2.51. The molecule has 1 N–H and O–H groups in total. The van der Waals surface area contributed by atoms with Crippen molar-refractivity contribution in [3.63, 3.8) is 0 Å². The molecule has 0 amide bonds. The van der Waals surface area contributed by atoms with Crippen LogP contribution < -0.4 is 4.89 Å². The fraction of sp³-hybridized carbons (Fsp3) is 1.00. The molecule has 0 aliphatic heterocycles. The monoisotopic (exact) mass is 327 g/mol. The second-order valence-corrected chi connectivity index (χ2v) is 12.9. The average molecular weight is 328 g/mol. The van der Waals surface area contributed by atoms with Gasteiger partial charge in [0.15, 0.2) is 0 Å². The lowest BCUT2D eigenvalue weighted by atomic mass is 9.82. The van der Waals surface area contributed by atoms with Crippen molar-refractivity contribution in [3.8, 4) is 0 Å². The lowest BCUT2D eigenvalue weighted by molar-refractivity contribution is 0.165. The first-order valence-corrected chi connectivity index (χ1v) is 13.2. The molecule has 0 atom stereocenters. The summed E-state index contributed by atoms with van der Waals surface area (Å²) in [7, 11) is 6.22. The van der Waals surface area contributed by atoms with Crippen LogP contribution in [0.5, 0.6) is 0 Å². The van der Waals surface area contributed by atoms with E-state index in [4.69, 9.17) is 4.84 Å². The molecule has 0 aromatic rings. The molecule has 0 aromatic carbocycles. The van der Waals surface area contributed by atoms with Crippen LogP contribution in [0.15, 0.2) is 0 Å². The molecule has 0 spiro atoms. The molecule has 0 unspecified atom stereocenters. The summed E-state index contributed by atoms with van der Waals surface area (Å²) in [5, 5.41) is 0.590. The molecule has 0 aliphatic carbocycles. The third kappa shape index (κ3) is 5.67. The number of rotatable bonds is 10. The van der Waals surface area contributed by atoms with Crippen molar-refractivity contribution in [2.75, 3.05) is 12.9 Å². The van der Waals surface area contributed by atoms with Crippen LogP contribution in [0.3, 0.4) is 0 Å². The van der Waals surface area contributed by atoms with E-state index in [9.17, 15) is 0 Å². The lowest BCUT2D eigenvalue weighted by Gasteiger charge is -2.45. The van der Waals surface area contributed by atoms with Gasteiger partial charge in [0, 0.05) is 25.5 Å². The van der Waals surface area contributed by atoms with Crippen LogP contribution in [0, 0.1) is 11.8 Å². The molecule has 110 valence electrons. The zero-order valence-electron chi connectivity index (χ0n) is 12.8. The summed E-state index contributed by atoms with van der Waals surface area (Å²) in [4.78, 5) is 7.57. The van der Waals surface area contributed by atoms with Crippen LogP contribution in [-0.4, -0.2) is 21.7 Å². The van der Waals surface area contributed by atoms with Gasteiger partial charge in [0.1, 0.15) is 0 Å². The zero-order valence-corrected chi connectivity index (χ0v) is 16.4.